The van der Waals surface area contributed by atoms with Gasteiger partial charge in [-0.3, -0.25) is 5.43 Å². The smallest absolute Gasteiger partial charge is 0.191 e. The highest BCUT2D eigenvalue weighted by Gasteiger charge is 1.96. The van der Waals surface area contributed by atoms with Crippen LogP contribution in [0.25, 0.3) is 0 Å². The summed E-state index contributed by atoms with van der Waals surface area (Å²) in [6.45, 7) is 2.88. The van der Waals surface area contributed by atoms with Crippen molar-refractivity contribution in [3.8, 4) is 5.75 Å². The number of hydrogen-bond donors (Lipinski definition) is 2. The Hall–Kier alpha value is -2.40. The molecule has 23 heavy (non-hydrogen) atoms. The van der Waals surface area contributed by atoms with Crippen LogP contribution in [0.4, 0.5) is 5.69 Å². The molecule has 0 unspecified atom stereocenters. The average molecular weight is 327 g/mol. The molecule has 0 spiro atoms. The zero-order valence-electron chi connectivity index (χ0n) is 13.2. The molecule has 0 fully saturated rings. The maximum atomic E-state index is 5.67. The first-order valence-corrected chi connectivity index (χ1v) is 8.06. The van der Waals surface area contributed by atoms with Crippen LogP contribution < -0.4 is 15.5 Å². The lowest BCUT2D eigenvalue weighted by Gasteiger charge is -2.07. The van der Waals surface area contributed by atoms with Crippen LogP contribution in [0.3, 0.4) is 0 Å². The fourth-order valence-electron chi connectivity index (χ4n) is 1.86. The van der Waals surface area contributed by atoms with Crippen LogP contribution in [0.2, 0.25) is 0 Å². The molecule has 2 aromatic carbocycles. The summed E-state index contributed by atoms with van der Waals surface area (Å²) in [4.78, 5) is 0. The molecule has 120 valence electrons. The lowest BCUT2D eigenvalue weighted by Crippen LogP contribution is -2.23. The van der Waals surface area contributed by atoms with Gasteiger partial charge in [-0.25, -0.2) is 0 Å². The maximum absolute atomic E-state index is 5.67. The van der Waals surface area contributed by atoms with Gasteiger partial charge in [0.25, 0.3) is 0 Å². The van der Waals surface area contributed by atoms with Crippen molar-refractivity contribution in [1.29, 1.82) is 0 Å². The van der Waals surface area contributed by atoms with Gasteiger partial charge < -0.3 is 10.1 Å². The van der Waals surface area contributed by atoms with E-state index in [-0.39, 0.29) is 0 Å². The largest absolute Gasteiger partial charge is 0.494 e. The zero-order valence-corrected chi connectivity index (χ0v) is 14.0. The highest BCUT2D eigenvalue weighted by atomic mass is 32.1. The van der Waals surface area contributed by atoms with E-state index in [2.05, 4.69) is 22.8 Å². The molecule has 0 radical (unpaired) electrons. The second-order valence-electron chi connectivity index (χ2n) is 4.96. The first kappa shape index (κ1) is 17.0. The van der Waals surface area contributed by atoms with Gasteiger partial charge in [0.2, 0.25) is 0 Å². The van der Waals surface area contributed by atoms with Crippen LogP contribution in [0.15, 0.2) is 59.7 Å². The highest BCUT2D eigenvalue weighted by Crippen LogP contribution is 2.12. The summed E-state index contributed by atoms with van der Waals surface area (Å²) < 4.78 is 5.67. The van der Waals surface area contributed by atoms with Gasteiger partial charge in [-0.1, -0.05) is 43.7 Å². The predicted molar refractivity (Wildman–Crippen MR) is 100 cm³/mol. The SMILES string of the molecule is CCCCOc1cccc(/C=N/NC(=S)Nc2ccccc2)c1. The lowest BCUT2D eigenvalue weighted by molar-refractivity contribution is 0.309. The third-order valence-electron chi connectivity index (χ3n) is 3.04. The van der Waals surface area contributed by atoms with Crippen molar-refractivity contribution in [1.82, 2.24) is 5.43 Å². The van der Waals surface area contributed by atoms with Crippen molar-refractivity contribution < 1.29 is 4.74 Å². The summed E-state index contributed by atoms with van der Waals surface area (Å²) >= 11 is 5.19. The number of thiocarbonyl (C=S) groups is 1. The molecule has 2 N–H and O–H groups in total. The molecule has 0 aromatic heterocycles. The third kappa shape index (κ3) is 6.48. The van der Waals surface area contributed by atoms with Gasteiger partial charge in [0.1, 0.15) is 5.75 Å². The van der Waals surface area contributed by atoms with Gasteiger partial charge >= 0.3 is 0 Å². The molecular weight excluding hydrogens is 306 g/mol. The van der Waals surface area contributed by atoms with E-state index >= 15 is 0 Å². The van der Waals surface area contributed by atoms with Crippen molar-refractivity contribution in [3.05, 3.63) is 60.2 Å². The molecule has 0 heterocycles. The summed E-state index contributed by atoms with van der Waals surface area (Å²) in [7, 11) is 0. The summed E-state index contributed by atoms with van der Waals surface area (Å²) in [5.41, 5.74) is 4.68. The molecule has 2 aromatic rings. The monoisotopic (exact) mass is 327 g/mol. The molecule has 4 nitrogen and oxygen atoms in total. The Kier molecular flexibility index (Phi) is 7.07. The first-order chi connectivity index (χ1) is 11.3. The highest BCUT2D eigenvalue weighted by molar-refractivity contribution is 7.80. The fraction of sp³-hybridized carbons (Fsp3) is 0.222. The van der Waals surface area contributed by atoms with Crippen molar-refractivity contribution in [2.75, 3.05) is 11.9 Å². The van der Waals surface area contributed by atoms with E-state index in [1.807, 2.05) is 54.6 Å². The number of anilines is 1. The number of rotatable bonds is 7. The minimum absolute atomic E-state index is 0.447. The van der Waals surface area contributed by atoms with Gasteiger partial charge in [-0.05, 0) is 48.5 Å². The Morgan fingerprint density at radius 3 is 2.78 bits per heavy atom. The van der Waals surface area contributed by atoms with Crippen LogP contribution in [0.1, 0.15) is 25.3 Å². The minimum Gasteiger partial charge on any atom is -0.494 e. The third-order valence-corrected chi connectivity index (χ3v) is 3.23. The average Bonchev–Trinajstić information content (AvgIpc) is 2.56. The summed E-state index contributed by atoms with van der Waals surface area (Å²) in [5.74, 6) is 0.854. The molecular formula is C18H21N3OS. The van der Waals surface area contributed by atoms with E-state index in [1.165, 1.54) is 0 Å². The topological polar surface area (TPSA) is 45.6 Å². The van der Waals surface area contributed by atoms with Crippen molar-refractivity contribution in [2.45, 2.75) is 19.8 Å². The summed E-state index contributed by atoms with van der Waals surface area (Å²) in [6, 6.07) is 17.5. The van der Waals surface area contributed by atoms with Crippen LogP contribution in [-0.4, -0.2) is 17.9 Å². The van der Waals surface area contributed by atoms with E-state index in [1.54, 1.807) is 6.21 Å². The van der Waals surface area contributed by atoms with Crippen LogP contribution in [0, 0.1) is 0 Å². The second kappa shape index (κ2) is 9.58. The van der Waals surface area contributed by atoms with E-state index in [0.29, 0.717) is 5.11 Å². The Balaban J connectivity index is 1.83. The zero-order chi connectivity index (χ0) is 16.3. The molecule has 2 rings (SSSR count). The van der Waals surface area contributed by atoms with E-state index in [9.17, 15) is 0 Å². The van der Waals surface area contributed by atoms with Gasteiger partial charge in [-0.15, -0.1) is 0 Å². The maximum Gasteiger partial charge on any atom is 0.191 e. The van der Waals surface area contributed by atoms with E-state index in [4.69, 9.17) is 17.0 Å². The van der Waals surface area contributed by atoms with E-state index < -0.39 is 0 Å². The Morgan fingerprint density at radius 2 is 2.00 bits per heavy atom. The number of unbranched alkanes of at least 4 members (excludes halogenated alkanes) is 1. The number of ether oxygens (including phenoxy) is 1. The molecule has 0 aliphatic heterocycles. The molecule has 0 amide bonds. The Labute approximate surface area is 142 Å². The van der Waals surface area contributed by atoms with Crippen LogP contribution >= 0.6 is 12.2 Å². The summed E-state index contributed by atoms with van der Waals surface area (Å²) in [5, 5.41) is 7.64. The second-order valence-corrected chi connectivity index (χ2v) is 5.37. The summed E-state index contributed by atoms with van der Waals surface area (Å²) in [6.07, 6.45) is 3.89. The Bertz CT molecular complexity index is 644. The van der Waals surface area contributed by atoms with Gasteiger partial charge in [-0.2, -0.15) is 5.10 Å². The molecule has 0 atom stereocenters. The number of hydrogen-bond acceptors (Lipinski definition) is 3. The molecule has 0 bridgehead atoms. The molecule has 0 aliphatic carbocycles. The van der Waals surface area contributed by atoms with E-state index in [0.717, 1.165) is 36.4 Å². The molecule has 0 aliphatic rings. The van der Waals surface area contributed by atoms with Gasteiger partial charge in [0, 0.05) is 5.69 Å². The normalized spacial score (nSPS) is 10.5. The number of nitrogens with one attached hydrogen (secondary N) is 2. The van der Waals surface area contributed by atoms with Gasteiger partial charge in [0.15, 0.2) is 5.11 Å². The predicted octanol–water partition coefficient (Wildman–Crippen LogP) is 4.19. The molecule has 0 saturated heterocycles. The van der Waals surface area contributed by atoms with Gasteiger partial charge in [0.05, 0.1) is 12.8 Å². The molecule has 5 heteroatoms. The minimum atomic E-state index is 0.447. The van der Waals surface area contributed by atoms with Crippen LogP contribution in [-0.2, 0) is 0 Å². The van der Waals surface area contributed by atoms with Crippen molar-refractivity contribution in [2.24, 2.45) is 5.10 Å². The Morgan fingerprint density at radius 1 is 1.17 bits per heavy atom. The fourth-order valence-corrected chi connectivity index (χ4v) is 2.04. The standard InChI is InChI=1S/C18H21N3OS/c1-2-3-12-22-17-11-7-8-15(13-17)14-19-21-18(23)20-16-9-5-4-6-10-16/h4-11,13-14H,2-3,12H2,1H3,(H2,20,21,23)/b19-14+. The van der Waals surface area contributed by atoms with Crippen molar-refractivity contribution in [3.63, 3.8) is 0 Å². The quantitative estimate of drug-likeness (QED) is 0.346. The van der Waals surface area contributed by atoms with Crippen molar-refractivity contribution >= 4 is 29.2 Å². The first-order valence-electron chi connectivity index (χ1n) is 7.66. The lowest BCUT2D eigenvalue weighted by atomic mass is 10.2. The molecule has 0 saturated carbocycles. The number of hydrazone groups is 1. The van der Waals surface area contributed by atoms with Crippen LogP contribution in [0.5, 0.6) is 5.75 Å². The number of benzene rings is 2. The number of nitrogens with zero attached hydrogens (tertiary/aromatic N) is 1. The number of para-hydroxylation sites is 1.